The van der Waals surface area contributed by atoms with E-state index >= 15 is 0 Å². The maximum atomic E-state index is 11.4. The maximum Gasteiger partial charge on any atom is 2.00 e. The summed E-state index contributed by atoms with van der Waals surface area (Å²) < 4.78 is 42.3. The summed E-state index contributed by atoms with van der Waals surface area (Å²) in [6.07, 6.45) is 11.6. The van der Waals surface area contributed by atoms with E-state index in [1.54, 1.807) is 95.5 Å². The summed E-state index contributed by atoms with van der Waals surface area (Å²) >= 11 is 0. The molecule has 0 saturated heterocycles. The van der Waals surface area contributed by atoms with Gasteiger partial charge in [0.1, 0.15) is 0 Å². The van der Waals surface area contributed by atoms with Crippen LogP contribution in [-0.2, 0) is 49.8 Å². The average molecular weight is 683 g/mol. The van der Waals surface area contributed by atoms with Crippen molar-refractivity contribution in [1.29, 1.82) is 0 Å². The van der Waals surface area contributed by atoms with Gasteiger partial charge in [-0.25, -0.2) is 9.13 Å². The summed E-state index contributed by atoms with van der Waals surface area (Å²) in [6, 6.07) is 4.15. The van der Waals surface area contributed by atoms with Gasteiger partial charge in [0.05, 0.1) is 22.4 Å². The van der Waals surface area contributed by atoms with Crippen molar-refractivity contribution in [1.82, 2.24) is 0 Å². The summed E-state index contributed by atoms with van der Waals surface area (Å²) in [5.41, 5.74) is -0.785. The number of phosphoric acid groups is 2. The van der Waals surface area contributed by atoms with Gasteiger partial charge in [-0.2, -0.15) is 12.4 Å². The molecular weight excluding hydrogens is 634 g/mol. The van der Waals surface area contributed by atoms with Crippen LogP contribution in [0, 0.1) is 0 Å². The number of rotatable bonds is 4. The summed E-state index contributed by atoms with van der Waals surface area (Å²) in [7, 11) is -7.87. The molecule has 42 heavy (non-hydrogen) atoms. The molecule has 14 heteroatoms. The smallest absolute Gasteiger partial charge is 0.665 e. The van der Waals surface area contributed by atoms with Crippen LogP contribution in [-0.4, -0.2) is 32.2 Å². The van der Waals surface area contributed by atoms with Gasteiger partial charge in [-0.1, -0.05) is 36.4 Å². The zero-order chi connectivity index (χ0) is 31.2. The van der Waals surface area contributed by atoms with Crippen molar-refractivity contribution in [3.63, 3.8) is 0 Å². The Morgan fingerprint density at radius 2 is 0.810 bits per heavy atom. The van der Waals surface area contributed by atoms with E-state index in [0.29, 0.717) is 0 Å². The van der Waals surface area contributed by atoms with Crippen LogP contribution in [0.3, 0.4) is 0 Å². The third-order valence-electron chi connectivity index (χ3n) is 3.90. The Morgan fingerprint density at radius 1 is 0.571 bits per heavy atom. The Bertz CT molecular complexity index is 1150. The molecular formula is C28H49CuN2O9P2+. The molecule has 1 aromatic carbocycles. The van der Waals surface area contributed by atoms with Crippen LogP contribution in [0.4, 0.5) is 11.4 Å². The standard InChI is InChI=1S/C12H8N2.2C8H19O4P.Cu.H2O/c1-3-9-5-6-10-4-2-8-14-12(10)11(9)13-7-1;2*1-7(2,3)11-13(9,10)12-8(4,5)6;;/h1-8H;2*1-6H3,(H,9,10);;1H2/q-2;;;+2;/p+1. The van der Waals surface area contributed by atoms with Crippen molar-refractivity contribution in [3.8, 4) is 0 Å². The first-order valence-corrected chi connectivity index (χ1v) is 15.8. The van der Waals surface area contributed by atoms with Gasteiger partial charge in [0.25, 0.3) is 0 Å². The molecule has 1 aromatic rings. The number of hydrogen-bond donors (Lipinski definition) is 2. The number of benzene rings is 1. The van der Waals surface area contributed by atoms with Crippen LogP contribution in [0.1, 0.15) is 83.1 Å². The predicted octanol–water partition coefficient (Wildman–Crippen LogP) is 6.82. The molecule has 2 aliphatic heterocycles. The van der Waals surface area contributed by atoms with Gasteiger partial charge >= 0.3 is 32.7 Å². The molecule has 3 rings (SSSR count). The molecule has 0 fully saturated rings. The molecule has 0 aromatic heterocycles. The largest absolute Gasteiger partial charge is 2.00 e. The van der Waals surface area contributed by atoms with Crippen molar-refractivity contribution >= 4 is 39.2 Å². The van der Waals surface area contributed by atoms with Crippen LogP contribution in [0.5, 0.6) is 0 Å². The molecule has 0 spiro atoms. The summed E-state index contributed by atoms with van der Waals surface area (Å²) in [4.78, 5) is 18.6. The quantitative estimate of drug-likeness (QED) is 0.198. The number of phosphoric ester groups is 2. The Hall–Kier alpha value is -1.26. The normalized spacial score (nSPS) is 14.2. The molecule has 0 atom stereocenters. The molecule has 0 amide bonds. The second kappa shape index (κ2) is 16.2. The van der Waals surface area contributed by atoms with E-state index in [-0.39, 0.29) is 22.5 Å². The van der Waals surface area contributed by atoms with Crippen molar-refractivity contribution in [2.45, 2.75) is 105 Å². The van der Waals surface area contributed by atoms with E-state index in [9.17, 15) is 18.9 Å². The molecule has 2 heterocycles. The number of nitrogens with zero attached hydrogens (tertiary/aromatic N) is 2. The molecule has 5 N–H and O–H groups in total. The third kappa shape index (κ3) is 19.1. The van der Waals surface area contributed by atoms with Gasteiger partial charge < -0.3 is 25.9 Å². The maximum absolute atomic E-state index is 11.4. The third-order valence-corrected chi connectivity index (χ3v) is 7.02. The zero-order valence-corrected chi connectivity index (χ0v) is 29.4. The fourth-order valence-electron chi connectivity index (χ4n) is 3.10. The molecule has 0 saturated carbocycles. The van der Waals surface area contributed by atoms with Gasteiger partial charge in [-0.3, -0.25) is 18.1 Å². The number of fused-ring (bicyclic) bond motifs is 3. The van der Waals surface area contributed by atoms with Gasteiger partial charge in [-0.15, -0.1) is 11.4 Å². The minimum absolute atomic E-state index is 0. The number of hydrogen-bond acceptors (Lipinski definition) is 6. The van der Waals surface area contributed by atoms with Crippen LogP contribution in [0.15, 0.2) is 36.7 Å². The van der Waals surface area contributed by atoms with E-state index in [0.717, 1.165) is 21.8 Å². The summed E-state index contributed by atoms with van der Waals surface area (Å²) in [5.74, 6) is 0. The SMILES string of the molecule is C1=C[N-]c2c3c(ccc2=C1)=CC=C[N-]3.CC(C)(C)OP(=O)(O)OC(C)(C)C.CC(C)(C)OP(=O)(O)OC(C)(C)C.[Cu+2].[OH3+]. The first-order valence-electron chi connectivity index (χ1n) is 12.8. The van der Waals surface area contributed by atoms with Crippen molar-refractivity contribution in [2.24, 2.45) is 0 Å². The van der Waals surface area contributed by atoms with E-state index in [2.05, 4.69) is 34.9 Å². The summed E-state index contributed by atoms with van der Waals surface area (Å²) in [6.45, 7) is 20.4. The van der Waals surface area contributed by atoms with Crippen LogP contribution in [0.2, 0.25) is 0 Å². The van der Waals surface area contributed by atoms with E-state index in [1.165, 1.54) is 0 Å². The monoisotopic (exact) mass is 682 g/mol. The van der Waals surface area contributed by atoms with E-state index in [4.69, 9.17) is 18.1 Å². The van der Waals surface area contributed by atoms with E-state index < -0.39 is 38.0 Å². The fraction of sp³-hybridized carbons (Fsp3) is 0.571. The van der Waals surface area contributed by atoms with E-state index in [1.807, 2.05) is 12.2 Å². The molecule has 2 aliphatic rings. The number of allylic oxidation sites excluding steroid dienone is 2. The molecule has 1 radical (unpaired) electrons. The molecule has 0 unspecified atom stereocenters. The minimum atomic E-state index is -3.94. The van der Waals surface area contributed by atoms with Crippen molar-refractivity contribution in [3.05, 3.63) is 57.8 Å². The minimum Gasteiger partial charge on any atom is -0.665 e. The topological polar surface area (TPSA) is 173 Å². The molecule has 245 valence electrons. The Morgan fingerprint density at radius 3 is 1.02 bits per heavy atom. The Labute approximate surface area is 261 Å². The molecule has 0 aliphatic carbocycles. The fourth-order valence-corrected chi connectivity index (χ4v) is 5.94. The van der Waals surface area contributed by atoms with Gasteiger partial charge in [0.15, 0.2) is 0 Å². The zero-order valence-electron chi connectivity index (χ0n) is 26.6. The summed E-state index contributed by atoms with van der Waals surface area (Å²) in [5, 5.41) is 11.0. The van der Waals surface area contributed by atoms with Gasteiger partial charge in [0.2, 0.25) is 0 Å². The second-order valence-corrected chi connectivity index (χ2v) is 15.6. The van der Waals surface area contributed by atoms with Crippen molar-refractivity contribution in [2.75, 3.05) is 0 Å². The van der Waals surface area contributed by atoms with Gasteiger partial charge in [-0.05, 0) is 93.5 Å². The molecule has 0 bridgehead atoms. The van der Waals surface area contributed by atoms with Crippen molar-refractivity contribution < 1.29 is 59.6 Å². The first-order chi connectivity index (χ1) is 17.8. The van der Waals surface area contributed by atoms with Gasteiger partial charge in [0, 0.05) is 0 Å². The Kier molecular flexibility index (Phi) is 16.5. The second-order valence-electron chi connectivity index (χ2n) is 13.0. The Balaban J connectivity index is 0. The van der Waals surface area contributed by atoms with Crippen LogP contribution in [0.25, 0.3) is 22.8 Å². The average Bonchev–Trinajstić information content (AvgIpc) is 2.67. The molecule has 11 nitrogen and oxygen atoms in total. The first kappa shape index (κ1) is 42.9. The van der Waals surface area contributed by atoms with Crippen LogP contribution >= 0.6 is 15.6 Å². The predicted molar refractivity (Wildman–Crippen MR) is 167 cm³/mol. The van der Waals surface area contributed by atoms with Crippen LogP contribution < -0.4 is 10.4 Å².